The third-order valence-corrected chi connectivity index (χ3v) is 2.79. The van der Waals surface area contributed by atoms with Gasteiger partial charge in [-0.25, -0.2) is 13.8 Å². The molecule has 0 saturated heterocycles. The smallest absolute Gasteiger partial charge is 0.261 e. The summed E-state index contributed by atoms with van der Waals surface area (Å²) < 4.78 is 30.7. The molecule has 0 radical (unpaired) electrons. The van der Waals surface area contributed by atoms with Gasteiger partial charge in [-0.3, -0.25) is 11.3 Å². The predicted octanol–water partition coefficient (Wildman–Crippen LogP) is 1.34. The molecule has 1 unspecified atom stereocenters. The minimum Gasteiger partial charge on any atom is -0.375 e. The van der Waals surface area contributed by atoms with Crippen LogP contribution in [-0.4, -0.2) is 35.2 Å². The summed E-state index contributed by atoms with van der Waals surface area (Å²) in [6.07, 6.45) is 3.52. The lowest BCUT2D eigenvalue weighted by Gasteiger charge is -2.16. The molecule has 0 spiro atoms. The second-order valence-corrected chi connectivity index (χ2v) is 4.36. The highest BCUT2D eigenvalue weighted by Crippen LogP contribution is 2.06. The highest BCUT2D eigenvalue weighted by atomic mass is 19.3. The Bertz CT molecular complexity index is 346. The fourth-order valence-electron chi connectivity index (χ4n) is 1.84. The minimum absolute atomic E-state index is 0.0318. The van der Waals surface area contributed by atoms with Crippen molar-refractivity contribution in [3.05, 3.63) is 18.2 Å². The summed E-state index contributed by atoms with van der Waals surface area (Å²) in [5, 5.41) is 0. The van der Waals surface area contributed by atoms with Gasteiger partial charge in [0.1, 0.15) is 12.4 Å². The number of hydrazine groups is 1. The Morgan fingerprint density at radius 3 is 2.95 bits per heavy atom. The fourth-order valence-corrected chi connectivity index (χ4v) is 1.84. The second-order valence-electron chi connectivity index (χ2n) is 4.36. The summed E-state index contributed by atoms with van der Waals surface area (Å²) in [4.78, 5) is 4.29. The fraction of sp³-hybridized carbons (Fsp3) is 0.750. The second kappa shape index (κ2) is 8.95. The van der Waals surface area contributed by atoms with Crippen LogP contribution in [0.5, 0.6) is 0 Å². The summed E-state index contributed by atoms with van der Waals surface area (Å²) in [7, 11) is 0. The van der Waals surface area contributed by atoms with Crippen LogP contribution in [0.4, 0.5) is 8.78 Å². The summed E-state index contributed by atoms with van der Waals surface area (Å²) in [6, 6.07) is -0.0318. The molecule has 5 nitrogen and oxygen atoms in total. The predicted molar refractivity (Wildman–Crippen MR) is 68.8 cm³/mol. The Hall–Kier alpha value is -1.05. The van der Waals surface area contributed by atoms with E-state index in [1.54, 1.807) is 6.20 Å². The number of nitrogens with two attached hydrogens (primary N) is 1. The largest absolute Gasteiger partial charge is 0.375 e. The molecule has 1 rings (SSSR count). The van der Waals surface area contributed by atoms with Crippen LogP contribution in [0.2, 0.25) is 0 Å². The number of hydrogen-bond acceptors (Lipinski definition) is 4. The summed E-state index contributed by atoms with van der Waals surface area (Å²) >= 11 is 0. The molecule has 110 valence electrons. The number of ether oxygens (including phenoxy) is 1. The van der Waals surface area contributed by atoms with Crippen LogP contribution in [0, 0.1) is 0 Å². The van der Waals surface area contributed by atoms with Crippen LogP contribution in [0.25, 0.3) is 0 Å². The highest BCUT2D eigenvalue weighted by Gasteiger charge is 2.12. The molecule has 0 amide bonds. The quantitative estimate of drug-likeness (QED) is 0.384. The number of aromatic nitrogens is 2. The first-order valence-corrected chi connectivity index (χ1v) is 6.49. The van der Waals surface area contributed by atoms with E-state index in [9.17, 15) is 8.78 Å². The van der Waals surface area contributed by atoms with Gasteiger partial charge in [0.05, 0.1) is 0 Å². The lowest BCUT2D eigenvalue weighted by atomic mass is 10.1. The molecule has 0 aliphatic rings. The van der Waals surface area contributed by atoms with Crippen LogP contribution in [-0.2, 0) is 17.7 Å². The summed E-state index contributed by atoms with van der Waals surface area (Å²) in [6.45, 7) is 2.74. The molecule has 7 heteroatoms. The molecule has 0 aliphatic heterocycles. The van der Waals surface area contributed by atoms with Crippen molar-refractivity contribution in [1.82, 2.24) is 15.0 Å². The Morgan fingerprint density at radius 1 is 1.53 bits per heavy atom. The van der Waals surface area contributed by atoms with Gasteiger partial charge < -0.3 is 9.30 Å². The molecule has 0 aromatic carbocycles. The maximum atomic E-state index is 11.9. The number of hydrogen-bond donors (Lipinski definition) is 2. The number of alkyl halides is 2. The molecular weight excluding hydrogens is 254 g/mol. The first-order chi connectivity index (χ1) is 9.17. The Morgan fingerprint density at radius 2 is 2.32 bits per heavy atom. The number of rotatable bonds is 10. The van der Waals surface area contributed by atoms with Crippen molar-refractivity contribution in [3.8, 4) is 0 Å². The lowest BCUT2D eigenvalue weighted by molar-refractivity contribution is 0.0143. The first kappa shape index (κ1) is 16.0. The average molecular weight is 276 g/mol. The van der Waals surface area contributed by atoms with Gasteiger partial charge in [-0.1, -0.05) is 6.92 Å². The molecular formula is C12H22F2N4O. The summed E-state index contributed by atoms with van der Waals surface area (Å²) in [5.41, 5.74) is 2.68. The molecule has 0 saturated carbocycles. The van der Waals surface area contributed by atoms with Gasteiger partial charge in [-0.05, 0) is 12.8 Å². The van der Waals surface area contributed by atoms with Gasteiger partial charge in [0.15, 0.2) is 0 Å². The van der Waals surface area contributed by atoms with Gasteiger partial charge in [0.25, 0.3) is 6.43 Å². The average Bonchev–Trinajstić information content (AvgIpc) is 2.80. The molecule has 0 fully saturated rings. The van der Waals surface area contributed by atoms with Gasteiger partial charge in [0.2, 0.25) is 0 Å². The van der Waals surface area contributed by atoms with E-state index in [2.05, 4.69) is 21.9 Å². The minimum atomic E-state index is -2.42. The standard InChI is InChI=1S/C12H22F2N4O/c1-2-5-18-6-4-16-12(18)8-10(17-15)3-7-19-9-11(13)14/h4,6,10-11,17H,2-3,5,7-9,15H2,1H3. The van der Waals surface area contributed by atoms with Gasteiger partial charge in [-0.2, -0.15) is 0 Å². The van der Waals surface area contributed by atoms with E-state index in [1.807, 2.05) is 6.20 Å². The number of halogens is 2. The zero-order valence-electron chi connectivity index (χ0n) is 11.2. The van der Waals surface area contributed by atoms with E-state index in [1.165, 1.54) is 0 Å². The zero-order valence-corrected chi connectivity index (χ0v) is 11.2. The Balaban J connectivity index is 2.36. The molecule has 0 aliphatic carbocycles. The van der Waals surface area contributed by atoms with Gasteiger partial charge >= 0.3 is 0 Å². The van der Waals surface area contributed by atoms with E-state index < -0.39 is 13.0 Å². The zero-order chi connectivity index (χ0) is 14.1. The molecule has 0 bridgehead atoms. The highest BCUT2D eigenvalue weighted by molar-refractivity contribution is 4.95. The maximum Gasteiger partial charge on any atom is 0.261 e. The van der Waals surface area contributed by atoms with E-state index in [0.29, 0.717) is 12.8 Å². The monoisotopic (exact) mass is 276 g/mol. The van der Waals surface area contributed by atoms with Crippen molar-refractivity contribution in [3.63, 3.8) is 0 Å². The lowest BCUT2D eigenvalue weighted by Crippen LogP contribution is -2.38. The van der Waals surface area contributed by atoms with Crippen LogP contribution in [0.1, 0.15) is 25.6 Å². The van der Waals surface area contributed by atoms with Crippen LogP contribution < -0.4 is 11.3 Å². The van der Waals surface area contributed by atoms with Gasteiger partial charge in [-0.15, -0.1) is 0 Å². The maximum absolute atomic E-state index is 11.9. The van der Waals surface area contributed by atoms with Crippen LogP contribution in [0.15, 0.2) is 12.4 Å². The molecule has 1 heterocycles. The van der Waals surface area contributed by atoms with E-state index in [0.717, 1.165) is 18.8 Å². The Labute approximate surface area is 112 Å². The van der Waals surface area contributed by atoms with Crippen LogP contribution >= 0.6 is 0 Å². The topological polar surface area (TPSA) is 65.1 Å². The third-order valence-electron chi connectivity index (χ3n) is 2.79. The van der Waals surface area contributed by atoms with Crippen molar-refractivity contribution in [1.29, 1.82) is 0 Å². The first-order valence-electron chi connectivity index (χ1n) is 6.49. The number of nitrogens with one attached hydrogen (secondary N) is 1. The molecule has 1 aromatic heterocycles. The molecule has 19 heavy (non-hydrogen) atoms. The van der Waals surface area contributed by atoms with Crippen LogP contribution in [0.3, 0.4) is 0 Å². The number of nitrogens with zero attached hydrogens (tertiary/aromatic N) is 2. The molecule has 3 N–H and O–H groups in total. The van der Waals surface area contributed by atoms with E-state index in [4.69, 9.17) is 10.6 Å². The number of aryl methyl sites for hydroxylation is 1. The molecule has 1 aromatic rings. The SMILES string of the molecule is CCCn1ccnc1CC(CCOCC(F)F)NN. The summed E-state index contributed by atoms with van der Waals surface area (Å²) in [5.74, 6) is 6.41. The van der Waals surface area contributed by atoms with E-state index in [-0.39, 0.29) is 12.6 Å². The third kappa shape index (κ3) is 6.09. The normalized spacial score (nSPS) is 13.1. The van der Waals surface area contributed by atoms with Crippen molar-refractivity contribution in [2.75, 3.05) is 13.2 Å². The van der Waals surface area contributed by atoms with Crippen molar-refractivity contribution in [2.45, 2.75) is 45.2 Å². The molecule has 1 atom stereocenters. The number of imidazole rings is 1. The van der Waals surface area contributed by atoms with E-state index >= 15 is 0 Å². The van der Waals surface area contributed by atoms with Crippen molar-refractivity contribution < 1.29 is 13.5 Å². The van der Waals surface area contributed by atoms with Crippen molar-refractivity contribution >= 4 is 0 Å². The Kier molecular flexibility index (Phi) is 7.54. The van der Waals surface area contributed by atoms with Gasteiger partial charge in [0, 0.05) is 38.0 Å². The van der Waals surface area contributed by atoms with Crippen molar-refractivity contribution in [2.24, 2.45) is 5.84 Å².